The van der Waals surface area contributed by atoms with E-state index in [0.717, 1.165) is 12.1 Å². The highest BCUT2D eigenvalue weighted by Gasteiger charge is 2.23. The highest BCUT2D eigenvalue weighted by Crippen LogP contribution is 2.31. The number of ether oxygens (including phenoxy) is 1. The number of hydrogen-bond donors (Lipinski definition) is 2. The van der Waals surface area contributed by atoms with Gasteiger partial charge in [0.2, 0.25) is 0 Å². The summed E-state index contributed by atoms with van der Waals surface area (Å²) >= 11 is 0.651. The van der Waals surface area contributed by atoms with Gasteiger partial charge < -0.3 is 9.84 Å². The molecule has 0 unspecified atom stereocenters. The SMILES string of the molecule is CCOc1cc(F)ccc1NS(=O)(=O)c1cc(C)c(C(=O)O)s1. The highest BCUT2D eigenvalue weighted by molar-refractivity contribution is 7.94. The summed E-state index contributed by atoms with van der Waals surface area (Å²) in [5.41, 5.74) is 0.434. The van der Waals surface area contributed by atoms with Crippen LogP contribution in [-0.2, 0) is 10.0 Å². The van der Waals surface area contributed by atoms with Crippen LogP contribution in [0.2, 0.25) is 0 Å². The Hall–Kier alpha value is -2.13. The second-order valence-corrected chi connectivity index (χ2v) is 7.52. The number of anilines is 1. The normalized spacial score (nSPS) is 11.3. The summed E-state index contributed by atoms with van der Waals surface area (Å²) in [7, 11) is -4.00. The molecular weight excluding hydrogens is 345 g/mol. The molecular formula is C14H14FNO5S2. The van der Waals surface area contributed by atoms with Crippen molar-refractivity contribution in [1.29, 1.82) is 0 Å². The van der Waals surface area contributed by atoms with Gasteiger partial charge in [0.25, 0.3) is 10.0 Å². The Kier molecular flexibility index (Phi) is 4.90. The number of rotatable bonds is 6. The lowest BCUT2D eigenvalue weighted by Gasteiger charge is -2.12. The lowest BCUT2D eigenvalue weighted by molar-refractivity contribution is 0.0701. The van der Waals surface area contributed by atoms with Crippen LogP contribution in [0.5, 0.6) is 5.75 Å². The minimum atomic E-state index is -4.00. The molecule has 0 radical (unpaired) electrons. The second-order valence-electron chi connectivity index (χ2n) is 4.56. The minimum Gasteiger partial charge on any atom is -0.492 e. The Balaban J connectivity index is 2.39. The van der Waals surface area contributed by atoms with Gasteiger partial charge in [0.05, 0.1) is 12.3 Å². The molecule has 6 nitrogen and oxygen atoms in total. The molecule has 2 rings (SSSR count). The van der Waals surface area contributed by atoms with E-state index in [2.05, 4.69) is 4.72 Å². The predicted molar refractivity (Wildman–Crippen MR) is 84.4 cm³/mol. The molecule has 0 bridgehead atoms. The lowest BCUT2D eigenvalue weighted by atomic mass is 10.3. The molecule has 0 saturated carbocycles. The van der Waals surface area contributed by atoms with E-state index in [1.807, 2.05) is 0 Å². The largest absolute Gasteiger partial charge is 0.492 e. The van der Waals surface area contributed by atoms with Crippen molar-refractivity contribution in [2.75, 3.05) is 11.3 Å². The summed E-state index contributed by atoms with van der Waals surface area (Å²) in [6.45, 7) is 3.44. The van der Waals surface area contributed by atoms with E-state index in [4.69, 9.17) is 9.84 Å². The molecule has 1 aromatic carbocycles. The standard InChI is InChI=1S/C14H14FNO5S2/c1-3-21-11-7-9(15)4-5-10(11)16-23(19,20)12-6-8(2)13(22-12)14(17)18/h4-7,16H,3H2,1-2H3,(H,17,18). The van der Waals surface area contributed by atoms with Crippen LogP contribution in [0.4, 0.5) is 10.1 Å². The number of nitrogens with one attached hydrogen (secondary N) is 1. The first-order chi connectivity index (χ1) is 10.7. The van der Waals surface area contributed by atoms with E-state index in [-0.39, 0.29) is 27.1 Å². The van der Waals surface area contributed by atoms with Crippen molar-refractivity contribution in [2.45, 2.75) is 18.1 Å². The van der Waals surface area contributed by atoms with Gasteiger partial charge in [-0.2, -0.15) is 0 Å². The average Bonchev–Trinajstić information content (AvgIpc) is 2.85. The summed E-state index contributed by atoms with van der Waals surface area (Å²) in [5, 5.41) is 9.01. The van der Waals surface area contributed by atoms with E-state index in [0.29, 0.717) is 16.9 Å². The number of sulfonamides is 1. The Morgan fingerprint density at radius 3 is 2.65 bits per heavy atom. The van der Waals surface area contributed by atoms with E-state index >= 15 is 0 Å². The monoisotopic (exact) mass is 359 g/mol. The number of carboxylic acid groups (broad SMARTS) is 1. The van der Waals surface area contributed by atoms with Crippen LogP contribution in [0.15, 0.2) is 28.5 Å². The Morgan fingerprint density at radius 2 is 2.09 bits per heavy atom. The first-order valence-corrected chi connectivity index (χ1v) is 8.83. The first kappa shape index (κ1) is 17.2. The molecule has 0 atom stereocenters. The van der Waals surface area contributed by atoms with Gasteiger partial charge in [0.15, 0.2) is 0 Å². The molecule has 1 heterocycles. The summed E-state index contributed by atoms with van der Waals surface area (Å²) in [6, 6.07) is 4.70. The highest BCUT2D eigenvalue weighted by atomic mass is 32.2. The fourth-order valence-corrected chi connectivity index (χ4v) is 4.30. The Bertz CT molecular complexity index is 845. The summed E-state index contributed by atoms with van der Waals surface area (Å²) in [5.74, 6) is -1.69. The maximum Gasteiger partial charge on any atom is 0.346 e. The molecule has 2 aromatic rings. The number of carbonyl (C=O) groups is 1. The van der Waals surface area contributed by atoms with E-state index in [1.54, 1.807) is 6.92 Å². The zero-order valence-electron chi connectivity index (χ0n) is 12.3. The fourth-order valence-electron chi connectivity index (χ4n) is 1.85. The number of carboxylic acids is 1. The molecule has 0 aliphatic heterocycles. The van der Waals surface area contributed by atoms with Crippen LogP contribution in [-0.4, -0.2) is 26.1 Å². The van der Waals surface area contributed by atoms with Gasteiger partial charge in [-0.15, -0.1) is 11.3 Å². The Labute approximate surface area is 136 Å². The number of aromatic carboxylic acids is 1. The Morgan fingerprint density at radius 1 is 1.39 bits per heavy atom. The van der Waals surface area contributed by atoms with Crippen LogP contribution in [0, 0.1) is 12.7 Å². The molecule has 0 amide bonds. The van der Waals surface area contributed by atoms with Crippen molar-refractivity contribution in [3.63, 3.8) is 0 Å². The molecule has 0 aliphatic rings. The predicted octanol–water partition coefficient (Wildman–Crippen LogP) is 3.09. The topological polar surface area (TPSA) is 92.7 Å². The number of benzene rings is 1. The van der Waals surface area contributed by atoms with Crippen LogP contribution in [0.1, 0.15) is 22.2 Å². The van der Waals surface area contributed by atoms with Gasteiger partial charge in [-0.1, -0.05) is 0 Å². The van der Waals surface area contributed by atoms with Crippen molar-refractivity contribution in [3.05, 3.63) is 40.5 Å². The van der Waals surface area contributed by atoms with Crippen LogP contribution in [0.25, 0.3) is 0 Å². The molecule has 1 aromatic heterocycles. The maximum atomic E-state index is 13.3. The molecule has 0 saturated heterocycles. The van der Waals surface area contributed by atoms with Gasteiger partial charge >= 0.3 is 5.97 Å². The second kappa shape index (κ2) is 6.55. The third-order valence-electron chi connectivity index (χ3n) is 2.84. The van der Waals surface area contributed by atoms with Crippen molar-refractivity contribution < 1.29 is 27.4 Å². The zero-order chi connectivity index (χ0) is 17.2. The van der Waals surface area contributed by atoms with Crippen molar-refractivity contribution in [2.24, 2.45) is 0 Å². The van der Waals surface area contributed by atoms with Gasteiger partial charge in [-0.25, -0.2) is 17.6 Å². The third-order valence-corrected chi connectivity index (χ3v) is 5.91. The number of aryl methyl sites for hydroxylation is 1. The van der Waals surface area contributed by atoms with Crippen LogP contribution < -0.4 is 9.46 Å². The van der Waals surface area contributed by atoms with Gasteiger partial charge in [0, 0.05) is 6.07 Å². The summed E-state index contributed by atoms with van der Waals surface area (Å²) in [6.07, 6.45) is 0. The van der Waals surface area contributed by atoms with Crippen molar-refractivity contribution >= 4 is 33.0 Å². The van der Waals surface area contributed by atoms with Gasteiger partial charge in [0.1, 0.15) is 20.7 Å². The zero-order valence-corrected chi connectivity index (χ0v) is 13.9. The van der Waals surface area contributed by atoms with E-state index in [1.165, 1.54) is 19.1 Å². The smallest absolute Gasteiger partial charge is 0.346 e. The maximum absolute atomic E-state index is 13.3. The first-order valence-electron chi connectivity index (χ1n) is 6.53. The molecule has 9 heteroatoms. The molecule has 0 aliphatic carbocycles. The van der Waals surface area contributed by atoms with Crippen LogP contribution in [0.3, 0.4) is 0 Å². The van der Waals surface area contributed by atoms with Gasteiger partial charge in [-0.05, 0) is 37.6 Å². The molecule has 0 fully saturated rings. The van der Waals surface area contributed by atoms with Gasteiger partial charge in [-0.3, -0.25) is 4.72 Å². The summed E-state index contributed by atoms with van der Waals surface area (Å²) in [4.78, 5) is 11.0. The minimum absolute atomic E-state index is 0.0467. The number of hydrogen-bond acceptors (Lipinski definition) is 5. The van der Waals surface area contributed by atoms with Crippen LogP contribution >= 0.6 is 11.3 Å². The average molecular weight is 359 g/mol. The van der Waals surface area contributed by atoms with Crippen molar-refractivity contribution in [3.8, 4) is 5.75 Å². The molecule has 124 valence electrons. The number of thiophene rings is 1. The molecule has 2 N–H and O–H groups in total. The third kappa shape index (κ3) is 3.80. The number of halogens is 1. The summed E-state index contributed by atoms with van der Waals surface area (Å²) < 4.78 is 45.4. The fraction of sp³-hybridized carbons (Fsp3) is 0.214. The molecule has 0 spiro atoms. The lowest BCUT2D eigenvalue weighted by Crippen LogP contribution is -2.12. The van der Waals surface area contributed by atoms with Crippen molar-refractivity contribution in [1.82, 2.24) is 0 Å². The van der Waals surface area contributed by atoms with E-state index in [9.17, 15) is 17.6 Å². The molecule has 23 heavy (non-hydrogen) atoms. The van der Waals surface area contributed by atoms with E-state index < -0.39 is 21.8 Å². The quantitative estimate of drug-likeness (QED) is 0.827.